The third kappa shape index (κ3) is 4.06. The summed E-state index contributed by atoms with van der Waals surface area (Å²) in [6.45, 7) is 1.71. The van der Waals surface area contributed by atoms with E-state index in [1.54, 1.807) is 37.5 Å². The summed E-state index contributed by atoms with van der Waals surface area (Å²) in [4.78, 5) is 52.6. The highest BCUT2D eigenvalue weighted by atomic mass is 16.2. The SMILES string of the molecule is Cc1ncc(C(=O)NC(Cc2cccnc2)C(=O)C(N)=O)n1-c1ccncn1. The standard InChI is InChI=1S/C18H17N7O3/c1-11-22-9-14(25(11)15-4-6-21-10-23-15)18(28)24-13(16(26)17(19)27)7-12-3-2-5-20-8-12/h2-6,8-10,13H,7H2,1H3,(H2,19,27)(H,24,28). The first-order valence-corrected chi connectivity index (χ1v) is 8.31. The van der Waals surface area contributed by atoms with Crippen LogP contribution in [0.15, 0.2) is 49.3 Å². The van der Waals surface area contributed by atoms with Crippen LogP contribution in [-0.4, -0.2) is 48.1 Å². The minimum Gasteiger partial charge on any atom is -0.363 e. The molecule has 3 aromatic heterocycles. The molecule has 1 atom stereocenters. The summed E-state index contributed by atoms with van der Waals surface area (Å²) in [6.07, 6.45) is 7.44. The molecule has 0 spiro atoms. The van der Waals surface area contributed by atoms with E-state index in [0.29, 0.717) is 17.2 Å². The normalized spacial score (nSPS) is 11.6. The molecule has 3 N–H and O–H groups in total. The number of hydrogen-bond donors (Lipinski definition) is 2. The Morgan fingerprint density at radius 2 is 1.96 bits per heavy atom. The summed E-state index contributed by atoms with van der Waals surface area (Å²) in [7, 11) is 0. The maximum Gasteiger partial charge on any atom is 0.287 e. The Kier molecular flexibility index (Phi) is 5.49. The van der Waals surface area contributed by atoms with E-state index in [4.69, 9.17) is 5.73 Å². The number of imidazole rings is 1. The van der Waals surface area contributed by atoms with Crippen LogP contribution in [0.2, 0.25) is 0 Å². The van der Waals surface area contributed by atoms with Crippen LogP contribution in [0.3, 0.4) is 0 Å². The second-order valence-corrected chi connectivity index (χ2v) is 5.91. The van der Waals surface area contributed by atoms with Gasteiger partial charge in [-0.05, 0) is 24.6 Å². The van der Waals surface area contributed by atoms with E-state index in [1.165, 1.54) is 23.3 Å². The van der Waals surface area contributed by atoms with Crippen LogP contribution < -0.4 is 11.1 Å². The van der Waals surface area contributed by atoms with Gasteiger partial charge in [-0.1, -0.05) is 6.07 Å². The molecule has 0 bridgehead atoms. The topological polar surface area (TPSA) is 146 Å². The summed E-state index contributed by atoms with van der Waals surface area (Å²) >= 11 is 0. The average molecular weight is 379 g/mol. The molecule has 0 aliphatic rings. The van der Waals surface area contributed by atoms with Crippen LogP contribution in [0.4, 0.5) is 0 Å². The Labute approximate surface area is 159 Å². The minimum absolute atomic E-state index is 0.0714. The van der Waals surface area contributed by atoms with E-state index in [-0.39, 0.29) is 12.1 Å². The third-order valence-corrected chi connectivity index (χ3v) is 3.99. The van der Waals surface area contributed by atoms with Crippen molar-refractivity contribution in [1.82, 2.24) is 29.8 Å². The van der Waals surface area contributed by atoms with Crippen LogP contribution in [-0.2, 0) is 16.0 Å². The van der Waals surface area contributed by atoms with Crippen molar-refractivity contribution >= 4 is 17.6 Å². The van der Waals surface area contributed by atoms with Crippen molar-refractivity contribution in [2.24, 2.45) is 5.73 Å². The molecule has 2 amide bonds. The van der Waals surface area contributed by atoms with E-state index in [1.807, 2.05) is 0 Å². The van der Waals surface area contributed by atoms with Crippen LogP contribution in [0, 0.1) is 6.92 Å². The molecule has 10 heteroatoms. The molecule has 1 unspecified atom stereocenters. The largest absolute Gasteiger partial charge is 0.363 e. The van der Waals surface area contributed by atoms with Crippen molar-refractivity contribution in [2.45, 2.75) is 19.4 Å². The molecule has 0 saturated carbocycles. The number of primary amides is 1. The highest BCUT2D eigenvalue weighted by molar-refractivity contribution is 6.38. The fourth-order valence-electron chi connectivity index (χ4n) is 2.68. The van der Waals surface area contributed by atoms with Gasteiger partial charge in [0.2, 0.25) is 5.78 Å². The van der Waals surface area contributed by atoms with Gasteiger partial charge in [-0.3, -0.25) is 23.9 Å². The number of aromatic nitrogens is 5. The van der Waals surface area contributed by atoms with Gasteiger partial charge in [0.1, 0.15) is 29.7 Å². The van der Waals surface area contributed by atoms with E-state index in [0.717, 1.165) is 0 Å². The summed E-state index contributed by atoms with van der Waals surface area (Å²) in [5.41, 5.74) is 5.97. The molecule has 0 fully saturated rings. The van der Waals surface area contributed by atoms with Gasteiger partial charge in [0.05, 0.1) is 6.20 Å². The third-order valence-electron chi connectivity index (χ3n) is 3.99. The predicted molar refractivity (Wildman–Crippen MR) is 97.3 cm³/mol. The Morgan fingerprint density at radius 3 is 2.61 bits per heavy atom. The van der Waals surface area contributed by atoms with Crippen molar-refractivity contribution in [1.29, 1.82) is 0 Å². The van der Waals surface area contributed by atoms with Gasteiger partial charge in [0.15, 0.2) is 0 Å². The molecule has 28 heavy (non-hydrogen) atoms. The average Bonchev–Trinajstić information content (AvgIpc) is 3.09. The van der Waals surface area contributed by atoms with E-state index in [9.17, 15) is 14.4 Å². The smallest absolute Gasteiger partial charge is 0.287 e. The number of nitrogens with zero attached hydrogens (tertiary/aromatic N) is 5. The number of carbonyl (C=O) groups is 3. The number of rotatable bonds is 7. The summed E-state index contributed by atoms with van der Waals surface area (Å²) in [5.74, 6) is -1.66. The Hall–Kier alpha value is -3.95. The van der Waals surface area contributed by atoms with Crippen molar-refractivity contribution in [3.05, 3.63) is 66.4 Å². The molecule has 0 aliphatic heterocycles. The maximum atomic E-state index is 12.8. The van der Waals surface area contributed by atoms with Gasteiger partial charge in [0, 0.05) is 25.0 Å². The van der Waals surface area contributed by atoms with Crippen molar-refractivity contribution in [3.63, 3.8) is 0 Å². The second-order valence-electron chi connectivity index (χ2n) is 5.91. The van der Waals surface area contributed by atoms with E-state index < -0.39 is 23.6 Å². The molecule has 0 radical (unpaired) electrons. The van der Waals surface area contributed by atoms with Crippen molar-refractivity contribution in [2.75, 3.05) is 0 Å². The second kappa shape index (κ2) is 8.16. The molecule has 3 aromatic rings. The zero-order chi connectivity index (χ0) is 20.1. The number of nitrogens with one attached hydrogen (secondary N) is 1. The van der Waals surface area contributed by atoms with Crippen LogP contribution >= 0.6 is 0 Å². The number of aryl methyl sites for hydroxylation is 1. The lowest BCUT2D eigenvalue weighted by molar-refractivity contribution is -0.137. The number of Topliss-reactive ketones (excluding diaryl/α,β-unsaturated/α-hetero) is 1. The number of hydrogen-bond acceptors (Lipinski definition) is 7. The first-order valence-electron chi connectivity index (χ1n) is 8.31. The Morgan fingerprint density at radius 1 is 1.14 bits per heavy atom. The lowest BCUT2D eigenvalue weighted by Crippen LogP contribution is -2.47. The number of pyridine rings is 1. The summed E-state index contributed by atoms with van der Waals surface area (Å²) in [5, 5.41) is 2.57. The Balaban J connectivity index is 1.89. The molecule has 0 aromatic carbocycles. The number of amides is 2. The maximum absolute atomic E-state index is 12.8. The molecule has 3 heterocycles. The van der Waals surface area contributed by atoms with Gasteiger partial charge in [-0.25, -0.2) is 15.0 Å². The molecule has 0 saturated heterocycles. The van der Waals surface area contributed by atoms with Crippen molar-refractivity contribution in [3.8, 4) is 5.82 Å². The fraction of sp³-hybridized carbons (Fsp3) is 0.167. The fourth-order valence-corrected chi connectivity index (χ4v) is 2.68. The van der Waals surface area contributed by atoms with Crippen molar-refractivity contribution < 1.29 is 14.4 Å². The van der Waals surface area contributed by atoms with Gasteiger partial charge in [0.25, 0.3) is 11.8 Å². The molecular weight excluding hydrogens is 362 g/mol. The zero-order valence-corrected chi connectivity index (χ0v) is 14.9. The minimum atomic E-state index is -1.14. The molecule has 0 aliphatic carbocycles. The first-order chi connectivity index (χ1) is 13.5. The Bertz CT molecular complexity index is 1000. The first kappa shape index (κ1) is 18.8. The van der Waals surface area contributed by atoms with Crippen LogP contribution in [0.25, 0.3) is 5.82 Å². The number of carbonyl (C=O) groups excluding carboxylic acids is 3. The number of nitrogens with two attached hydrogens (primary N) is 1. The quantitative estimate of drug-likeness (QED) is 0.539. The monoisotopic (exact) mass is 379 g/mol. The molecule has 3 rings (SSSR count). The molecule has 142 valence electrons. The highest BCUT2D eigenvalue weighted by Gasteiger charge is 2.27. The van der Waals surface area contributed by atoms with Gasteiger partial charge >= 0.3 is 0 Å². The lowest BCUT2D eigenvalue weighted by atomic mass is 10.0. The summed E-state index contributed by atoms with van der Waals surface area (Å²) in [6, 6.07) is 3.91. The van der Waals surface area contributed by atoms with Gasteiger partial charge in [-0.2, -0.15) is 0 Å². The number of ketones is 1. The van der Waals surface area contributed by atoms with Crippen LogP contribution in [0.5, 0.6) is 0 Å². The molecular formula is C18H17N7O3. The predicted octanol–water partition coefficient (Wildman–Crippen LogP) is -0.239. The van der Waals surface area contributed by atoms with E-state index >= 15 is 0 Å². The highest BCUT2D eigenvalue weighted by Crippen LogP contribution is 2.12. The summed E-state index contributed by atoms with van der Waals surface area (Å²) < 4.78 is 1.52. The lowest BCUT2D eigenvalue weighted by Gasteiger charge is -2.17. The van der Waals surface area contributed by atoms with E-state index in [2.05, 4.69) is 25.3 Å². The van der Waals surface area contributed by atoms with Gasteiger partial charge in [-0.15, -0.1) is 0 Å². The molecule has 10 nitrogen and oxygen atoms in total. The zero-order valence-electron chi connectivity index (χ0n) is 14.9. The van der Waals surface area contributed by atoms with Crippen LogP contribution in [0.1, 0.15) is 21.9 Å². The van der Waals surface area contributed by atoms with Gasteiger partial charge < -0.3 is 11.1 Å².